The summed E-state index contributed by atoms with van der Waals surface area (Å²) in [5, 5.41) is 35.4. The molecule has 1 aliphatic heterocycles. The van der Waals surface area contributed by atoms with Gasteiger partial charge in [-0.3, -0.25) is 4.79 Å². The topological polar surface area (TPSA) is 99.9 Å². The standard InChI is InChI=1S/C27H43NO5S/c1-16-9-8-10-17(2)25(31)19(4)26(32)27(6,7)23(29)14-24(30)33-22(12-11-16)18(3)13-21-15-34-20(5)28-21/h11,13,15,17,19,22-25,29-31H,8-10,12,14H2,1-7H3/b16-11-,18-13+/t17-,19+,22-,23-,24?,25-/m0/s1. The molecule has 0 saturated carbocycles. The first-order valence-corrected chi connectivity index (χ1v) is 13.2. The molecule has 6 nitrogen and oxygen atoms in total. The summed E-state index contributed by atoms with van der Waals surface area (Å²) in [5.74, 6) is -0.844. The molecule has 1 unspecified atom stereocenters. The normalized spacial score (nSPS) is 34.5. The van der Waals surface area contributed by atoms with E-state index in [9.17, 15) is 20.1 Å². The molecular formula is C27H43NO5S. The van der Waals surface area contributed by atoms with E-state index in [1.54, 1.807) is 32.1 Å². The first kappa shape index (κ1) is 28.9. The molecule has 3 N–H and O–H groups in total. The summed E-state index contributed by atoms with van der Waals surface area (Å²) in [6.07, 6.45) is 3.70. The van der Waals surface area contributed by atoms with Gasteiger partial charge in [0.2, 0.25) is 0 Å². The lowest BCUT2D eigenvalue weighted by Gasteiger charge is -2.35. The van der Waals surface area contributed by atoms with Crippen LogP contribution in [0.1, 0.15) is 84.3 Å². The molecule has 6 atom stereocenters. The highest BCUT2D eigenvalue weighted by Crippen LogP contribution is 2.33. The summed E-state index contributed by atoms with van der Waals surface area (Å²) in [4.78, 5) is 17.7. The van der Waals surface area contributed by atoms with Crippen LogP contribution in [0.3, 0.4) is 0 Å². The molecule has 34 heavy (non-hydrogen) atoms. The highest BCUT2D eigenvalue weighted by Gasteiger charge is 2.42. The van der Waals surface area contributed by atoms with Crippen LogP contribution in [0.2, 0.25) is 0 Å². The lowest BCUT2D eigenvalue weighted by atomic mass is 9.73. The minimum Gasteiger partial charge on any atom is -0.392 e. The van der Waals surface area contributed by atoms with Crippen LogP contribution in [0.5, 0.6) is 0 Å². The van der Waals surface area contributed by atoms with Crippen molar-refractivity contribution in [3.05, 3.63) is 33.3 Å². The second-order valence-electron chi connectivity index (χ2n) is 10.5. The van der Waals surface area contributed by atoms with Crippen LogP contribution < -0.4 is 0 Å². The molecule has 192 valence electrons. The van der Waals surface area contributed by atoms with E-state index in [0.717, 1.165) is 35.5 Å². The molecule has 0 amide bonds. The van der Waals surface area contributed by atoms with Crippen LogP contribution >= 0.6 is 11.3 Å². The van der Waals surface area contributed by atoms with Gasteiger partial charge in [0.05, 0.1) is 29.0 Å². The number of aliphatic hydroxyl groups excluding tert-OH is 3. The molecule has 7 heteroatoms. The van der Waals surface area contributed by atoms with Crippen LogP contribution in [0.25, 0.3) is 6.08 Å². The smallest absolute Gasteiger partial charge is 0.157 e. The number of carbonyl (C=O) groups is 1. The van der Waals surface area contributed by atoms with Gasteiger partial charge in [-0.15, -0.1) is 11.3 Å². The second kappa shape index (κ2) is 12.5. The second-order valence-corrected chi connectivity index (χ2v) is 11.6. The summed E-state index contributed by atoms with van der Waals surface area (Å²) in [6, 6.07) is 0. The van der Waals surface area contributed by atoms with Crippen molar-refractivity contribution < 1.29 is 24.9 Å². The first-order chi connectivity index (χ1) is 15.8. The van der Waals surface area contributed by atoms with Crippen LogP contribution in [0.4, 0.5) is 0 Å². The number of rotatable bonds is 2. The van der Waals surface area contributed by atoms with Crippen molar-refractivity contribution in [3.63, 3.8) is 0 Å². The van der Waals surface area contributed by atoms with Gasteiger partial charge in [-0.05, 0) is 64.0 Å². The fourth-order valence-corrected chi connectivity index (χ4v) is 5.11. The SMILES string of the molecule is C/C1=C/C[C@@H](/C(C)=C/c2csc(C)n2)OC(O)C[C@H](O)C(C)(C)C(=O)[C@H](C)[C@@H](O)[C@@H](C)CCC1. The third-order valence-electron chi connectivity index (χ3n) is 7.15. The summed E-state index contributed by atoms with van der Waals surface area (Å²) in [5.41, 5.74) is 1.89. The van der Waals surface area contributed by atoms with Crippen molar-refractivity contribution in [2.75, 3.05) is 0 Å². The van der Waals surface area contributed by atoms with Crippen molar-refractivity contribution in [1.82, 2.24) is 4.98 Å². The van der Waals surface area contributed by atoms with Crippen molar-refractivity contribution >= 4 is 23.2 Å². The summed E-state index contributed by atoms with van der Waals surface area (Å²) in [6.45, 7) is 13.0. The van der Waals surface area contributed by atoms with E-state index in [1.807, 2.05) is 32.2 Å². The number of hydrogen-bond donors (Lipinski definition) is 3. The Kier molecular flexibility index (Phi) is 10.6. The number of aromatic nitrogens is 1. The van der Waals surface area contributed by atoms with E-state index in [4.69, 9.17) is 4.74 Å². The van der Waals surface area contributed by atoms with Crippen LogP contribution in [0, 0.1) is 24.2 Å². The Labute approximate surface area is 208 Å². The summed E-state index contributed by atoms with van der Waals surface area (Å²) >= 11 is 1.58. The average molecular weight is 494 g/mol. The van der Waals surface area contributed by atoms with Gasteiger partial charge >= 0.3 is 0 Å². The highest BCUT2D eigenvalue weighted by atomic mass is 32.1. The Hall–Kier alpha value is -1.38. The van der Waals surface area contributed by atoms with E-state index in [-0.39, 0.29) is 24.2 Å². The van der Waals surface area contributed by atoms with Gasteiger partial charge in [-0.25, -0.2) is 4.98 Å². The van der Waals surface area contributed by atoms with Gasteiger partial charge in [0.1, 0.15) is 5.78 Å². The Bertz CT molecular complexity index is 874. The zero-order chi connectivity index (χ0) is 25.6. The number of Topliss-reactive ketones (excluding diaryl/α,β-unsaturated/α-hetero) is 1. The van der Waals surface area contributed by atoms with Crippen LogP contribution in [0.15, 0.2) is 22.6 Å². The maximum absolute atomic E-state index is 13.2. The average Bonchev–Trinajstić information content (AvgIpc) is 3.18. The van der Waals surface area contributed by atoms with Crippen molar-refractivity contribution in [1.29, 1.82) is 0 Å². The molecule has 0 radical (unpaired) electrons. The summed E-state index contributed by atoms with van der Waals surface area (Å²) < 4.78 is 6.00. The number of ketones is 1. The van der Waals surface area contributed by atoms with E-state index >= 15 is 0 Å². The quantitative estimate of drug-likeness (QED) is 0.498. The third kappa shape index (κ3) is 7.82. The highest BCUT2D eigenvalue weighted by molar-refractivity contribution is 7.09. The number of carbonyl (C=O) groups excluding carboxylic acids is 1. The predicted molar refractivity (Wildman–Crippen MR) is 137 cm³/mol. The van der Waals surface area contributed by atoms with E-state index in [1.165, 1.54) is 5.57 Å². The fraction of sp³-hybridized carbons (Fsp3) is 0.704. The number of ether oxygens (including phenoxy) is 1. The van der Waals surface area contributed by atoms with Gasteiger partial charge in [0.25, 0.3) is 0 Å². The lowest BCUT2D eigenvalue weighted by molar-refractivity contribution is -0.161. The molecule has 0 saturated heterocycles. The number of aliphatic hydroxyl groups is 3. The van der Waals surface area contributed by atoms with Gasteiger partial charge in [0.15, 0.2) is 6.29 Å². The Morgan fingerprint density at radius 2 is 1.91 bits per heavy atom. The van der Waals surface area contributed by atoms with Crippen LogP contribution in [-0.4, -0.2) is 50.7 Å². The molecule has 2 heterocycles. The Balaban J connectivity index is 2.32. The third-order valence-corrected chi connectivity index (χ3v) is 7.95. The molecule has 1 aromatic rings. The predicted octanol–water partition coefficient (Wildman–Crippen LogP) is 5.06. The van der Waals surface area contributed by atoms with Crippen molar-refractivity contribution in [3.8, 4) is 0 Å². The van der Waals surface area contributed by atoms with E-state index < -0.39 is 29.8 Å². The van der Waals surface area contributed by atoms with E-state index in [0.29, 0.717) is 6.42 Å². The molecule has 1 aliphatic rings. The number of aryl methyl sites for hydroxylation is 1. The molecule has 0 fully saturated rings. The zero-order valence-electron chi connectivity index (χ0n) is 21.7. The van der Waals surface area contributed by atoms with Crippen molar-refractivity contribution in [2.24, 2.45) is 17.3 Å². The molecule has 0 aliphatic carbocycles. The van der Waals surface area contributed by atoms with Gasteiger partial charge in [-0.1, -0.05) is 39.3 Å². The lowest BCUT2D eigenvalue weighted by Crippen LogP contribution is -2.46. The van der Waals surface area contributed by atoms with Crippen molar-refractivity contribution in [2.45, 2.75) is 105 Å². The maximum atomic E-state index is 13.2. The molecule has 0 bridgehead atoms. The number of thiazole rings is 1. The molecule has 1 aromatic heterocycles. The fourth-order valence-electron chi connectivity index (χ4n) is 4.54. The maximum Gasteiger partial charge on any atom is 0.157 e. The van der Waals surface area contributed by atoms with E-state index in [2.05, 4.69) is 18.0 Å². The molecular weight excluding hydrogens is 450 g/mol. The zero-order valence-corrected chi connectivity index (χ0v) is 22.6. The number of allylic oxidation sites excluding steroid dienone is 1. The number of hydrogen-bond acceptors (Lipinski definition) is 7. The van der Waals surface area contributed by atoms with Gasteiger partial charge < -0.3 is 20.1 Å². The molecule has 0 spiro atoms. The Morgan fingerprint density at radius 1 is 1.24 bits per heavy atom. The minimum atomic E-state index is -1.24. The first-order valence-electron chi connectivity index (χ1n) is 12.3. The molecule has 0 aromatic carbocycles. The largest absolute Gasteiger partial charge is 0.392 e. The molecule has 2 rings (SSSR count). The van der Waals surface area contributed by atoms with Crippen LogP contribution in [-0.2, 0) is 9.53 Å². The monoisotopic (exact) mass is 493 g/mol. The Morgan fingerprint density at radius 3 is 2.53 bits per heavy atom. The number of nitrogens with zero attached hydrogens (tertiary/aromatic N) is 1. The van der Waals surface area contributed by atoms with Gasteiger partial charge in [-0.2, -0.15) is 0 Å². The van der Waals surface area contributed by atoms with Gasteiger partial charge in [0, 0.05) is 23.1 Å². The minimum absolute atomic E-state index is 0.0268. The summed E-state index contributed by atoms with van der Waals surface area (Å²) in [7, 11) is 0.